The molecule has 4 nitrogen and oxygen atoms in total. The Labute approximate surface area is 108 Å². The minimum atomic E-state index is 0. The number of aryl methyl sites for hydroxylation is 1. The van der Waals surface area contributed by atoms with Crippen LogP contribution in [-0.4, -0.2) is 19.7 Å². The van der Waals surface area contributed by atoms with E-state index in [2.05, 4.69) is 28.1 Å². The molecule has 5 heteroatoms. The summed E-state index contributed by atoms with van der Waals surface area (Å²) < 4.78 is 1.61. The van der Waals surface area contributed by atoms with Crippen LogP contribution in [0.3, 0.4) is 0 Å². The standard InChI is InChI=1S/C9H9N4.Y/c1-2-8-3-4-9(11-5-8)13-7-10-6-12-13;/h4-7H,2H2,1H3;/q-1;. The molecule has 0 aromatic carbocycles. The summed E-state index contributed by atoms with van der Waals surface area (Å²) >= 11 is 0. The van der Waals surface area contributed by atoms with Gasteiger partial charge in [-0.2, -0.15) is 11.2 Å². The summed E-state index contributed by atoms with van der Waals surface area (Å²) in [6, 6.07) is 4.94. The fraction of sp³-hybridized carbons (Fsp3) is 0.222. The van der Waals surface area contributed by atoms with Crippen LogP contribution < -0.4 is 0 Å². The average molecular weight is 262 g/mol. The van der Waals surface area contributed by atoms with Gasteiger partial charge in [0.05, 0.1) is 0 Å². The Balaban J connectivity index is 0.000000980. The Hall–Kier alpha value is -0.606. The van der Waals surface area contributed by atoms with Gasteiger partial charge in [0.2, 0.25) is 0 Å². The van der Waals surface area contributed by atoms with Gasteiger partial charge in [-0.05, 0) is 0 Å². The van der Waals surface area contributed by atoms with Gasteiger partial charge in [0.25, 0.3) is 0 Å². The molecular weight excluding hydrogens is 253 g/mol. The van der Waals surface area contributed by atoms with Crippen molar-refractivity contribution >= 4 is 0 Å². The third-order valence-electron chi connectivity index (χ3n) is 1.77. The maximum absolute atomic E-state index is 4.22. The number of pyridine rings is 1. The van der Waals surface area contributed by atoms with Crippen LogP contribution in [0.1, 0.15) is 12.5 Å². The Kier molecular flexibility index (Phi) is 4.36. The molecule has 1 radical (unpaired) electrons. The van der Waals surface area contributed by atoms with Crippen LogP contribution >= 0.6 is 0 Å². The number of rotatable bonds is 2. The SMILES string of the molecule is CCc1[c-]cc(-n2cncn2)nc1.[Y]. The molecule has 0 unspecified atom stereocenters. The summed E-state index contributed by atoms with van der Waals surface area (Å²) in [6.45, 7) is 2.07. The van der Waals surface area contributed by atoms with Gasteiger partial charge in [0.15, 0.2) is 0 Å². The van der Waals surface area contributed by atoms with E-state index in [0.717, 1.165) is 17.8 Å². The van der Waals surface area contributed by atoms with E-state index in [9.17, 15) is 0 Å². The second kappa shape index (κ2) is 5.32. The third-order valence-corrected chi connectivity index (χ3v) is 1.77. The number of nitrogens with zero attached hydrogens (tertiary/aromatic N) is 4. The molecule has 0 saturated heterocycles. The van der Waals surface area contributed by atoms with Gasteiger partial charge in [0, 0.05) is 38.5 Å². The second-order valence-corrected chi connectivity index (χ2v) is 2.62. The van der Waals surface area contributed by atoms with E-state index in [0.29, 0.717) is 0 Å². The summed E-state index contributed by atoms with van der Waals surface area (Å²) in [5, 5.41) is 3.97. The van der Waals surface area contributed by atoms with Gasteiger partial charge in [-0.1, -0.05) is 19.5 Å². The quantitative estimate of drug-likeness (QED) is 0.759. The van der Waals surface area contributed by atoms with Crippen LogP contribution in [0.2, 0.25) is 0 Å². The number of hydrogen-bond donors (Lipinski definition) is 0. The first-order valence-electron chi connectivity index (χ1n) is 4.11. The van der Waals surface area contributed by atoms with E-state index < -0.39 is 0 Å². The predicted octanol–water partition coefficient (Wildman–Crippen LogP) is 1.02. The summed E-state index contributed by atoms with van der Waals surface area (Å²) in [7, 11) is 0. The minimum absolute atomic E-state index is 0. The molecule has 0 aliphatic carbocycles. The molecule has 14 heavy (non-hydrogen) atoms. The normalized spacial score (nSPS) is 9.50. The van der Waals surface area contributed by atoms with Crippen molar-refractivity contribution in [2.75, 3.05) is 0 Å². The van der Waals surface area contributed by atoms with Crippen molar-refractivity contribution in [1.82, 2.24) is 19.7 Å². The van der Waals surface area contributed by atoms with Gasteiger partial charge in [-0.15, -0.1) is 11.6 Å². The zero-order chi connectivity index (χ0) is 9.10. The van der Waals surface area contributed by atoms with Gasteiger partial charge >= 0.3 is 0 Å². The van der Waals surface area contributed by atoms with Crippen LogP contribution in [0.5, 0.6) is 0 Å². The van der Waals surface area contributed by atoms with Crippen molar-refractivity contribution in [2.24, 2.45) is 0 Å². The van der Waals surface area contributed by atoms with Crippen molar-refractivity contribution in [2.45, 2.75) is 13.3 Å². The molecule has 0 atom stereocenters. The Morgan fingerprint density at radius 2 is 2.36 bits per heavy atom. The van der Waals surface area contributed by atoms with Gasteiger partial charge in [-0.25, -0.2) is 4.98 Å². The average Bonchev–Trinajstić information content (AvgIpc) is 2.71. The Morgan fingerprint density at radius 1 is 1.50 bits per heavy atom. The molecule has 0 N–H and O–H groups in total. The first-order chi connectivity index (χ1) is 6.40. The van der Waals surface area contributed by atoms with E-state index in [-0.39, 0.29) is 32.7 Å². The second-order valence-electron chi connectivity index (χ2n) is 2.62. The molecule has 2 rings (SSSR count). The monoisotopic (exact) mass is 262 g/mol. The Bertz CT molecular complexity index is 368. The van der Waals surface area contributed by atoms with E-state index in [1.54, 1.807) is 17.2 Å². The van der Waals surface area contributed by atoms with Crippen molar-refractivity contribution < 1.29 is 32.7 Å². The predicted molar refractivity (Wildman–Crippen MR) is 47.4 cm³/mol. The molecule has 0 fully saturated rings. The van der Waals surface area contributed by atoms with Crippen LogP contribution in [-0.2, 0) is 39.1 Å². The molecule has 2 aromatic rings. The van der Waals surface area contributed by atoms with E-state index in [4.69, 9.17) is 0 Å². The van der Waals surface area contributed by atoms with Crippen molar-refractivity contribution in [1.29, 1.82) is 0 Å². The summed E-state index contributed by atoms with van der Waals surface area (Å²) in [4.78, 5) is 8.06. The maximum atomic E-state index is 4.22. The largest absolute Gasteiger partial charge is 0.366 e. The smallest absolute Gasteiger partial charge is 0.137 e. The first kappa shape index (κ1) is 11.5. The fourth-order valence-electron chi connectivity index (χ4n) is 1.02. The number of aromatic nitrogens is 4. The molecular formula is C9H9N4Y-. The minimum Gasteiger partial charge on any atom is -0.366 e. The van der Waals surface area contributed by atoms with E-state index >= 15 is 0 Å². The van der Waals surface area contributed by atoms with Gasteiger partial charge in [0.1, 0.15) is 12.7 Å². The zero-order valence-corrected chi connectivity index (χ0v) is 10.7. The van der Waals surface area contributed by atoms with Gasteiger partial charge < -0.3 is 4.98 Å². The van der Waals surface area contributed by atoms with Crippen LogP contribution in [0, 0.1) is 6.07 Å². The van der Waals surface area contributed by atoms with E-state index in [1.807, 2.05) is 6.07 Å². The molecule has 0 aliphatic rings. The van der Waals surface area contributed by atoms with Crippen molar-refractivity contribution in [3.63, 3.8) is 0 Å². The molecule has 0 aliphatic heterocycles. The van der Waals surface area contributed by atoms with Crippen LogP contribution in [0.15, 0.2) is 24.9 Å². The topological polar surface area (TPSA) is 43.6 Å². The molecule has 0 amide bonds. The zero-order valence-electron chi connectivity index (χ0n) is 7.88. The molecule has 0 spiro atoms. The summed E-state index contributed by atoms with van der Waals surface area (Å²) in [6.07, 6.45) is 5.85. The molecule has 0 bridgehead atoms. The van der Waals surface area contributed by atoms with Gasteiger partial charge in [-0.3, -0.25) is 4.68 Å². The third kappa shape index (κ3) is 2.45. The maximum Gasteiger partial charge on any atom is 0.137 e. The van der Waals surface area contributed by atoms with Crippen molar-refractivity contribution in [3.05, 3.63) is 36.5 Å². The van der Waals surface area contributed by atoms with Crippen LogP contribution in [0.4, 0.5) is 0 Å². The fourth-order valence-corrected chi connectivity index (χ4v) is 1.02. The summed E-state index contributed by atoms with van der Waals surface area (Å²) in [5.41, 5.74) is 1.10. The van der Waals surface area contributed by atoms with Crippen molar-refractivity contribution in [3.8, 4) is 5.82 Å². The summed E-state index contributed by atoms with van der Waals surface area (Å²) in [5.74, 6) is 0.745. The van der Waals surface area contributed by atoms with E-state index in [1.165, 1.54) is 6.33 Å². The first-order valence-corrected chi connectivity index (χ1v) is 4.11. The number of hydrogen-bond acceptors (Lipinski definition) is 3. The Morgan fingerprint density at radius 3 is 2.86 bits per heavy atom. The molecule has 2 heterocycles. The molecule has 2 aromatic heterocycles. The van der Waals surface area contributed by atoms with Crippen LogP contribution in [0.25, 0.3) is 5.82 Å². The molecule has 0 saturated carbocycles. The molecule has 69 valence electrons.